The minimum absolute atomic E-state index is 0.230. The molecule has 3 aromatic rings. The van der Waals surface area contributed by atoms with Crippen molar-refractivity contribution in [2.75, 3.05) is 7.11 Å². The average molecular weight is 292 g/mol. The molecule has 0 spiro atoms. The monoisotopic (exact) mass is 292 g/mol. The molecular formula is C17H16N4O. The highest BCUT2D eigenvalue weighted by Gasteiger charge is 2.12. The lowest BCUT2D eigenvalue weighted by molar-refractivity contribution is 0.414. The molecule has 1 heterocycles. The van der Waals surface area contributed by atoms with Crippen LogP contribution in [0.25, 0.3) is 11.0 Å². The molecular weight excluding hydrogens is 276 g/mol. The van der Waals surface area contributed by atoms with Gasteiger partial charge >= 0.3 is 0 Å². The number of hydrogen-bond acceptors (Lipinski definition) is 4. The van der Waals surface area contributed by atoms with Crippen LogP contribution >= 0.6 is 0 Å². The van der Waals surface area contributed by atoms with Crippen LogP contribution < -0.4 is 10.5 Å². The number of aromatic amines is 1. The second kappa shape index (κ2) is 5.88. The number of nitrogens with one attached hydrogen (secondary N) is 1. The lowest BCUT2D eigenvalue weighted by atomic mass is 10.1. The van der Waals surface area contributed by atoms with E-state index in [4.69, 9.17) is 15.7 Å². The molecule has 1 aromatic heterocycles. The van der Waals surface area contributed by atoms with E-state index in [9.17, 15) is 0 Å². The Hall–Kier alpha value is -2.84. The molecule has 0 radical (unpaired) electrons. The van der Waals surface area contributed by atoms with Gasteiger partial charge in [-0.1, -0.05) is 12.1 Å². The maximum absolute atomic E-state index is 8.93. The fourth-order valence-corrected chi connectivity index (χ4v) is 2.39. The van der Waals surface area contributed by atoms with Crippen molar-refractivity contribution in [1.29, 1.82) is 5.26 Å². The Morgan fingerprint density at radius 1 is 1.27 bits per heavy atom. The lowest BCUT2D eigenvalue weighted by Crippen LogP contribution is -2.14. The first-order valence-electron chi connectivity index (χ1n) is 6.98. The number of fused-ring (bicyclic) bond motifs is 1. The van der Waals surface area contributed by atoms with Gasteiger partial charge in [0.15, 0.2) is 0 Å². The van der Waals surface area contributed by atoms with E-state index in [0.29, 0.717) is 12.0 Å². The van der Waals surface area contributed by atoms with Crippen LogP contribution in [0.2, 0.25) is 0 Å². The quantitative estimate of drug-likeness (QED) is 0.774. The predicted octanol–water partition coefficient (Wildman–Crippen LogP) is 2.69. The molecule has 0 aliphatic carbocycles. The third kappa shape index (κ3) is 2.78. The number of rotatable bonds is 4. The van der Waals surface area contributed by atoms with Crippen molar-refractivity contribution in [3.8, 4) is 11.8 Å². The van der Waals surface area contributed by atoms with Crippen molar-refractivity contribution in [2.45, 2.75) is 12.5 Å². The molecule has 3 rings (SSSR count). The summed E-state index contributed by atoms with van der Waals surface area (Å²) in [6.07, 6.45) is 0.676. The summed E-state index contributed by atoms with van der Waals surface area (Å²) in [5, 5.41) is 8.93. The van der Waals surface area contributed by atoms with Gasteiger partial charge in [-0.15, -0.1) is 0 Å². The largest absolute Gasteiger partial charge is 0.497 e. The molecule has 5 nitrogen and oxygen atoms in total. The van der Waals surface area contributed by atoms with Gasteiger partial charge in [0.1, 0.15) is 11.6 Å². The Bertz CT molecular complexity index is 830. The Balaban J connectivity index is 1.82. The first kappa shape index (κ1) is 14.1. The van der Waals surface area contributed by atoms with Crippen molar-refractivity contribution in [3.63, 3.8) is 0 Å². The van der Waals surface area contributed by atoms with Crippen molar-refractivity contribution >= 4 is 11.0 Å². The zero-order valence-corrected chi connectivity index (χ0v) is 12.2. The molecule has 0 saturated carbocycles. The SMILES string of the molecule is COc1ccc(CC(N)c2nc3ccc(C#N)cc3[nH]2)cc1. The first-order chi connectivity index (χ1) is 10.7. The van der Waals surface area contributed by atoms with Crippen LogP contribution in [0.4, 0.5) is 0 Å². The van der Waals surface area contributed by atoms with Crippen molar-refractivity contribution in [1.82, 2.24) is 9.97 Å². The van der Waals surface area contributed by atoms with Crippen LogP contribution in [0, 0.1) is 11.3 Å². The fourth-order valence-electron chi connectivity index (χ4n) is 2.39. The summed E-state index contributed by atoms with van der Waals surface area (Å²) in [6.45, 7) is 0. The van der Waals surface area contributed by atoms with E-state index in [0.717, 1.165) is 28.2 Å². The van der Waals surface area contributed by atoms with Gasteiger partial charge in [-0.3, -0.25) is 0 Å². The highest BCUT2D eigenvalue weighted by molar-refractivity contribution is 5.76. The van der Waals surface area contributed by atoms with Gasteiger partial charge in [0.2, 0.25) is 0 Å². The van der Waals surface area contributed by atoms with E-state index < -0.39 is 0 Å². The molecule has 1 atom stereocenters. The summed E-state index contributed by atoms with van der Waals surface area (Å²) in [6, 6.07) is 15.1. The molecule has 0 bridgehead atoms. The molecule has 0 saturated heterocycles. The van der Waals surface area contributed by atoms with Crippen molar-refractivity contribution in [2.24, 2.45) is 5.73 Å². The Labute approximate surface area is 128 Å². The summed E-state index contributed by atoms with van der Waals surface area (Å²) in [5.74, 6) is 1.55. The highest BCUT2D eigenvalue weighted by Crippen LogP contribution is 2.20. The van der Waals surface area contributed by atoms with Gasteiger partial charge in [0.25, 0.3) is 0 Å². The number of H-pyrrole nitrogens is 1. The minimum Gasteiger partial charge on any atom is -0.497 e. The van der Waals surface area contributed by atoms with E-state index in [2.05, 4.69) is 16.0 Å². The van der Waals surface area contributed by atoms with Gasteiger partial charge in [-0.2, -0.15) is 5.26 Å². The van der Waals surface area contributed by atoms with E-state index in [1.54, 1.807) is 19.2 Å². The maximum atomic E-state index is 8.93. The second-order valence-corrected chi connectivity index (χ2v) is 5.12. The van der Waals surface area contributed by atoms with Gasteiger partial charge in [0, 0.05) is 0 Å². The van der Waals surface area contributed by atoms with E-state index in [1.165, 1.54) is 0 Å². The van der Waals surface area contributed by atoms with Crippen LogP contribution in [0.3, 0.4) is 0 Å². The number of nitrogens with zero attached hydrogens (tertiary/aromatic N) is 2. The standard InChI is InChI=1S/C17H16N4O/c1-22-13-5-2-11(3-6-13)8-14(19)17-20-15-7-4-12(10-18)9-16(15)21-17/h2-7,9,14H,8,19H2,1H3,(H,20,21). The average Bonchev–Trinajstić information content (AvgIpc) is 2.98. The molecule has 2 aromatic carbocycles. The second-order valence-electron chi connectivity index (χ2n) is 5.12. The number of hydrogen-bond donors (Lipinski definition) is 2. The Kier molecular flexibility index (Phi) is 3.77. The third-order valence-electron chi connectivity index (χ3n) is 3.60. The van der Waals surface area contributed by atoms with Gasteiger partial charge < -0.3 is 15.5 Å². The topological polar surface area (TPSA) is 87.7 Å². The molecule has 5 heteroatoms. The Morgan fingerprint density at radius 2 is 2.05 bits per heavy atom. The minimum atomic E-state index is -0.230. The normalized spacial score (nSPS) is 12.0. The van der Waals surface area contributed by atoms with Crippen LogP contribution in [0.5, 0.6) is 5.75 Å². The summed E-state index contributed by atoms with van der Waals surface area (Å²) in [5.41, 5.74) is 9.61. The molecule has 0 amide bonds. The maximum Gasteiger partial charge on any atom is 0.124 e. The lowest BCUT2D eigenvalue weighted by Gasteiger charge is -2.09. The number of ether oxygens (including phenoxy) is 1. The van der Waals surface area contributed by atoms with E-state index in [-0.39, 0.29) is 6.04 Å². The van der Waals surface area contributed by atoms with Crippen LogP contribution in [0.15, 0.2) is 42.5 Å². The van der Waals surface area contributed by atoms with E-state index in [1.807, 2.05) is 30.3 Å². The highest BCUT2D eigenvalue weighted by atomic mass is 16.5. The summed E-state index contributed by atoms with van der Waals surface area (Å²) >= 11 is 0. The molecule has 1 unspecified atom stereocenters. The van der Waals surface area contributed by atoms with Crippen LogP contribution in [-0.4, -0.2) is 17.1 Å². The Morgan fingerprint density at radius 3 is 2.73 bits per heavy atom. The summed E-state index contributed by atoms with van der Waals surface area (Å²) in [4.78, 5) is 7.70. The van der Waals surface area contributed by atoms with E-state index >= 15 is 0 Å². The molecule has 0 fully saturated rings. The zero-order chi connectivity index (χ0) is 15.5. The zero-order valence-electron chi connectivity index (χ0n) is 12.2. The number of benzene rings is 2. The summed E-state index contributed by atoms with van der Waals surface area (Å²) < 4.78 is 5.14. The fraction of sp³-hybridized carbons (Fsp3) is 0.176. The van der Waals surface area contributed by atoms with Gasteiger partial charge in [0.05, 0.1) is 35.8 Å². The van der Waals surface area contributed by atoms with Gasteiger partial charge in [-0.25, -0.2) is 4.98 Å². The number of nitrogens with two attached hydrogens (primary N) is 1. The van der Waals surface area contributed by atoms with Crippen LogP contribution in [0.1, 0.15) is 23.0 Å². The third-order valence-corrected chi connectivity index (χ3v) is 3.60. The van der Waals surface area contributed by atoms with Crippen LogP contribution in [-0.2, 0) is 6.42 Å². The molecule has 22 heavy (non-hydrogen) atoms. The van der Waals surface area contributed by atoms with Crippen molar-refractivity contribution in [3.05, 3.63) is 59.4 Å². The predicted molar refractivity (Wildman–Crippen MR) is 84.4 cm³/mol. The molecule has 0 aliphatic heterocycles. The molecule has 110 valence electrons. The van der Waals surface area contributed by atoms with Gasteiger partial charge in [-0.05, 0) is 42.3 Å². The first-order valence-corrected chi connectivity index (χ1v) is 6.98. The molecule has 3 N–H and O–H groups in total. The smallest absolute Gasteiger partial charge is 0.124 e. The number of imidazole rings is 1. The molecule has 0 aliphatic rings. The number of nitriles is 1. The summed E-state index contributed by atoms with van der Waals surface area (Å²) in [7, 11) is 1.64. The number of aromatic nitrogens is 2. The van der Waals surface area contributed by atoms with Crippen molar-refractivity contribution < 1.29 is 4.74 Å². The number of methoxy groups -OCH3 is 1.